The highest BCUT2D eigenvalue weighted by Crippen LogP contribution is 2.25. The van der Waals surface area contributed by atoms with Gasteiger partial charge < -0.3 is 5.11 Å². The molecule has 0 aliphatic heterocycles. The Balaban J connectivity index is 2.45. The second-order valence-electron chi connectivity index (χ2n) is 3.34. The molecule has 1 aromatic carbocycles. The molecule has 1 N–H and O–H groups in total. The van der Waals surface area contributed by atoms with E-state index >= 15 is 0 Å². The first kappa shape index (κ1) is 11.5. The van der Waals surface area contributed by atoms with Gasteiger partial charge in [-0.1, -0.05) is 6.07 Å². The van der Waals surface area contributed by atoms with Crippen LogP contribution in [0.1, 0.15) is 17.2 Å². The molecule has 1 atom stereocenters. The lowest BCUT2D eigenvalue weighted by Gasteiger charge is -2.12. The van der Waals surface area contributed by atoms with Gasteiger partial charge in [-0.15, -0.1) is 0 Å². The first-order chi connectivity index (χ1) is 8.11. The van der Waals surface area contributed by atoms with Crippen LogP contribution in [0, 0.1) is 17.5 Å². The van der Waals surface area contributed by atoms with E-state index in [1.54, 1.807) is 0 Å². The van der Waals surface area contributed by atoms with Crippen LogP contribution in [0.2, 0.25) is 0 Å². The van der Waals surface area contributed by atoms with Crippen molar-refractivity contribution in [3.8, 4) is 0 Å². The van der Waals surface area contributed by atoms with Crippen molar-refractivity contribution in [2.45, 2.75) is 6.10 Å². The summed E-state index contributed by atoms with van der Waals surface area (Å²) in [5.74, 6) is -4.32. The van der Waals surface area contributed by atoms with Crippen LogP contribution in [-0.2, 0) is 0 Å². The van der Waals surface area contributed by atoms with Crippen molar-refractivity contribution in [2.24, 2.45) is 0 Å². The lowest BCUT2D eigenvalue weighted by atomic mass is 10.0. The minimum atomic E-state index is -1.61. The minimum Gasteiger partial charge on any atom is -0.383 e. The van der Waals surface area contributed by atoms with Crippen molar-refractivity contribution in [1.82, 2.24) is 10.2 Å². The fourth-order valence-electron chi connectivity index (χ4n) is 1.39. The Bertz CT molecular complexity index is 534. The number of benzene rings is 1. The molecule has 3 nitrogen and oxygen atoms in total. The topological polar surface area (TPSA) is 46.0 Å². The van der Waals surface area contributed by atoms with E-state index in [0.29, 0.717) is 0 Å². The summed E-state index contributed by atoms with van der Waals surface area (Å²) >= 11 is 0. The summed E-state index contributed by atoms with van der Waals surface area (Å²) in [6, 6.07) is 3.14. The molecular formula is C11H7F3N2O. The van der Waals surface area contributed by atoms with Crippen LogP contribution in [0.4, 0.5) is 13.2 Å². The maximum absolute atomic E-state index is 13.4. The second-order valence-corrected chi connectivity index (χ2v) is 3.34. The first-order valence-corrected chi connectivity index (χ1v) is 4.69. The molecule has 1 aromatic heterocycles. The Morgan fingerprint density at radius 1 is 1.00 bits per heavy atom. The third-order valence-corrected chi connectivity index (χ3v) is 2.28. The quantitative estimate of drug-likeness (QED) is 0.816. The van der Waals surface area contributed by atoms with Crippen molar-refractivity contribution in [1.29, 1.82) is 0 Å². The molecule has 0 aliphatic carbocycles. The fourth-order valence-corrected chi connectivity index (χ4v) is 1.39. The molecule has 2 aromatic rings. The van der Waals surface area contributed by atoms with Crippen LogP contribution in [0.5, 0.6) is 0 Å². The molecule has 88 valence electrons. The molecule has 0 bridgehead atoms. The standard InChI is InChI=1S/C11H7F3N2O/c12-8-2-1-7(9(13)10(8)14)11(17)6-3-4-15-16-5-6/h1-5,11,17H. The van der Waals surface area contributed by atoms with E-state index in [1.165, 1.54) is 18.5 Å². The predicted molar refractivity (Wildman–Crippen MR) is 52.4 cm³/mol. The molecule has 1 unspecified atom stereocenters. The lowest BCUT2D eigenvalue weighted by Crippen LogP contribution is -2.06. The third-order valence-electron chi connectivity index (χ3n) is 2.28. The van der Waals surface area contributed by atoms with Crippen molar-refractivity contribution in [3.63, 3.8) is 0 Å². The van der Waals surface area contributed by atoms with Gasteiger partial charge >= 0.3 is 0 Å². The van der Waals surface area contributed by atoms with Gasteiger partial charge in [0.1, 0.15) is 6.10 Å². The van der Waals surface area contributed by atoms with Gasteiger partial charge in [-0.2, -0.15) is 10.2 Å². The van der Waals surface area contributed by atoms with Crippen LogP contribution in [0.25, 0.3) is 0 Å². The molecule has 0 saturated heterocycles. The van der Waals surface area contributed by atoms with Gasteiger partial charge in [0.2, 0.25) is 0 Å². The summed E-state index contributed by atoms with van der Waals surface area (Å²) in [5.41, 5.74) is -0.109. The number of aromatic nitrogens is 2. The first-order valence-electron chi connectivity index (χ1n) is 4.69. The Kier molecular flexibility index (Phi) is 3.06. The third kappa shape index (κ3) is 2.12. The Hall–Kier alpha value is -1.95. The highest BCUT2D eigenvalue weighted by Gasteiger charge is 2.20. The van der Waals surface area contributed by atoms with Gasteiger partial charge in [-0.3, -0.25) is 0 Å². The van der Waals surface area contributed by atoms with Gasteiger partial charge in [0, 0.05) is 17.3 Å². The smallest absolute Gasteiger partial charge is 0.194 e. The molecule has 1 heterocycles. The van der Waals surface area contributed by atoms with E-state index in [1.807, 2.05) is 0 Å². The summed E-state index contributed by atoms with van der Waals surface area (Å²) < 4.78 is 39.1. The number of aliphatic hydroxyl groups is 1. The van der Waals surface area contributed by atoms with Crippen LogP contribution in [0.15, 0.2) is 30.6 Å². The van der Waals surface area contributed by atoms with Crippen molar-refractivity contribution in [2.75, 3.05) is 0 Å². The van der Waals surface area contributed by atoms with Crippen LogP contribution >= 0.6 is 0 Å². The maximum Gasteiger partial charge on any atom is 0.194 e. The van der Waals surface area contributed by atoms with Gasteiger partial charge in [0.15, 0.2) is 17.5 Å². The molecule has 0 radical (unpaired) electrons. The van der Waals surface area contributed by atoms with E-state index in [0.717, 1.165) is 12.1 Å². The predicted octanol–water partition coefficient (Wildman–Crippen LogP) is 1.98. The van der Waals surface area contributed by atoms with Crippen molar-refractivity contribution >= 4 is 0 Å². The molecular weight excluding hydrogens is 233 g/mol. The lowest BCUT2D eigenvalue weighted by molar-refractivity contribution is 0.212. The molecule has 0 spiro atoms. The number of nitrogens with zero attached hydrogens (tertiary/aromatic N) is 2. The molecule has 6 heteroatoms. The zero-order chi connectivity index (χ0) is 12.4. The summed E-state index contributed by atoms with van der Waals surface area (Å²) in [6.45, 7) is 0. The zero-order valence-corrected chi connectivity index (χ0v) is 8.44. The Morgan fingerprint density at radius 2 is 1.76 bits per heavy atom. The van der Waals surface area contributed by atoms with Crippen LogP contribution in [0.3, 0.4) is 0 Å². The molecule has 0 amide bonds. The molecule has 0 fully saturated rings. The molecule has 0 saturated carbocycles. The molecule has 2 rings (SSSR count). The van der Waals surface area contributed by atoms with Gasteiger partial charge in [0.25, 0.3) is 0 Å². The van der Waals surface area contributed by atoms with E-state index in [2.05, 4.69) is 10.2 Å². The number of aliphatic hydroxyl groups excluding tert-OH is 1. The van der Waals surface area contributed by atoms with E-state index in [-0.39, 0.29) is 11.1 Å². The number of halogens is 3. The highest BCUT2D eigenvalue weighted by atomic mass is 19.2. The minimum absolute atomic E-state index is 0.241. The summed E-state index contributed by atoms with van der Waals surface area (Å²) in [7, 11) is 0. The van der Waals surface area contributed by atoms with Gasteiger partial charge in [-0.25, -0.2) is 13.2 Å². The van der Waals surface area contributed by atoms with E-state index in [4.69, 9.17) is 0 Å². The average Bonchev–Trinajstić information content (AvgIpc) is 2.36. The monoisotopic (exact) mass is 240 g/mol. The fraction of sp³-hybridized carbons (Fsp3) is 0.0909. The summed E-state index contributed by atoms with van der Waals surface area (Å²) in [4.78, 5) is 0. The summed E-state index contributed by atoms with van der Waals surface area (Å²) in [6.07, 6.45) is 1.10. The second kappa shape index (κ2) is 4.50. The largest absolute Gasteiger partial charge is 0.383 e. The van der Waals surface area contributed by atoms with Crippen molar-refractivity contribution < 1.29 is 18.3 Å². The van der Waals surface area contributed by atoms with E-state index < -0.39 is 23.6 Å². The van der Waals surface area contributed by atoms with Crippen LogP contribution in [-0.4, -0.2) is 15.3 Å². The SMILES string of the molecule is OC(c1ccnnc1)c1ccc(F)c(F)c1F. The molecule has 17 heavy (non-hydrogen) atoms. The van der Waals surface area contributed by atoms with E-state index in [9.17, 15) is 18.3 Å². The number of hydrogen-bond acceptors (Lipinski definition) is 3. The average molecular weight is 240 g/mol. The van der Waals surface area contributed by atoms with Gasteiger partial charge in [-0.05, 0) is 12.1 Å². The number of hydrogen-bond donors (Lipinski definition) is 1. The van der Waals surface area contributed by atoms with Crippen LogP contribution < -0.4 is 0 Å². The normalized spacial score (nSPS) is 12.5. The van der Waals surface area contributed by atoms with Gasteiger partial charge in [0.05, 0.1) is 6.20 Å². The molecule has 0 aliphatic rings. The Morgan fingerprint density at radius 3 is 2.41 bits per heavy atom. The maximum atomic E-state index is 13.4. The summed E-state index contributed by atoms with van der Waals surface area (Å²) in [5, 5.41) is 16.8. The zero-order valence-electron chi connectivity index (χ0n) is 8.44. The highest BCUT2D eigenvalue weighted by molar-refractivity contribution is 5.29. The Labute approximate surface area is 94.6 Å². The van der Waals surface area contributed by atoms with Crippen molar-refractivity contribution in [3.05, 3.63) is 59.2 Å². The number of rotatable bonds is 2.